The van der Waals surface area contributed by atoms with Gasteiger partial charge in [0.25, 0.3) is 0 Å². The summed E-state index contributed by atoms with van der Waals surface area (Å²) in [5, 5.41) is 34.8. The number of carboxylic acids is 2. The van der Waals surface area contributed by atoms with Crippen molar-refractivity contribution in [2.75, 3.05) is 0 Å². The van der Waals surface area contributed by atoms with Gasteiger partial charge in [-0.1, -0.05) is 117 Å². The first-order valence-corrected chi connectivity index (χ1v) is 20.7. The van der Waals surface area contributed by atoms with Crippen LogP contribution in [0.25, 0.3) is 0 Å². The number of hydrogen-bond acceptors (Lipinski definition) is 8. The Balaban J connectivity index is 3.31. The van der Waals surface area contributed by atoms with Gasteiger partial charge in [-0.2, -0.15) is 0 Å². The number of carboxylic acid groups (broad SMARTS) is 2. The molecule has 0 spiro atoms. The van der Waals surface area contributed by atoms with Gasteiger partial charge in [-0.05, 0) is 43.1 Å². The van der Waals surface area contributed by atoms with Crippen molar-refractivity contribution in [3.8, 4) is 0 Å². The highest BCUT2D eigenvalue weighted by Gasteiger charge is 2.35. The Morgan fingerprint density at radius 2 is 1.09 bits per heavy atom. The molecule has 0 aromatic heterocycles. The van der Waals surface area contributed by atoms with E-state index in [1.165, 1.54) is 6.92 Å². The van der Waals surface area contributed by atoms with Crippen LogP contribution in [0, 0.1) is 17.8 Å². The second kappa shape index (κ2) is 26.8. The number of carbonyl (C=O) groups is 8. The van der Waals surface area contributed by atoms with Gasteiger partial charge in [0, 0.05) is 19.3 Å². The molecule has 0 heterocycles. The van der Waals surface area contributed by atoms with Gasteiger partial charge in [0.1, 0.15) is 36.3 Å². The van der Waals surface area contributed by atoms with Crippen LogP contribution >= 0.6 is 0 Å². The molecule has 0 aliphatic rings. The summed E-state index contributed by atoms with van der Waals surface area (Å²) < 4.78 is 0. The highest BCUT2D eigenvalue weighted by Crippen LogP contribution is 2.13. The van der Waals surface area contributed by atoms with Gasteiger partial charge in [0.2, 0.25) is 35.4 Å². The van der Waals surface area contributed by atoms with Crippen LogP contribution in [0.5, 0.6) is 0 Å². The number of rotatable bonds is 28. The van der Waals surface area contributed by atoms with E-state index in [-0.39, 0.29) is 37.0 Å². The molecular weight excluding hydrogens is 748 g/mol. The van der Waals surface area contributed by atoms with E-state index >= 15 is 0 Å². The molecule has 0 aliphatic carbocycles. The number of hydrogen-bond donors (Lipinski definition) is 8. The van der Waals surface area contributed by atoms with E-state index in [9.17, 15) is 48.6 Å². The van der Waals surface area contributed by atoms with Crippen LogP contribution in [0.1, 0.15) is 125 Å². The summed E-state index contributed by atoms with van der Waals surface area (Å²) in [5.41, 5.74) is 0.678. The summed E-state index contributed by atoms with van der Waals surface area (Å²) in [7, 11) is 0. The molecule has 0 radical (unpaired) electrons. The maximum Gasteiger partial charge on any atom is 0.326 e. The Morgan fingerprint density at radius 3 is 1.64 bits per heavy atom. The second-order valence-electron chi connectivity index (χ2n) is 15.5. The largest absolute Gasteiger partial charge is 0.481 e. The molecule has 0 fully saturated rings. The van der Waals surface area contributed by atoms with Crippen LogP contribution in [0.2, 0.25) is 0 Å². The highest BCUT2D eigenvalue weighted by atomic mass is 16.4. The summed E-state index contributed by atoms with van der Waals surface area (Å²) in [5.74, 6) is -7.73. The maximum absolute atomic E-state index is 14.0. The molecule has 0 saturated carbocycles. The number of nitrogens with one attached hydrogen (secondary N) is 6. The first-order chi connectivity index (χ1) is 27.4. The normalized spacial score (nSPS) is 15.3. The van der Waals surface area contributed by atoms with Crippen molar-refractivity contribution in [2.24, 2.45) is 17.8 Å². The van der Waals surface area contributed by atoms with Crippen LogP contribution in [0.4, 0.5) is 0 Å². The third kappa shape index (κ3) is 18.5. The molecule has 6 amide bonds. The van der Waals surface area contributed by atoms with Crippen molar-refractivity contribution >= 4 is 47.4 Å². The number of amides is 6. The van der Waals surface area contributed by atoms with E-state index in [2.05, 4.69) is 38.8 Å². The summed E-state index contributed by atoms with van der Waals surface area (Å²) in [6.07, 6.45) is 4.97. The molecule has 16 heteroatoms. The molecule has 58 heavy (non-hydrogen) atoms. The quantitative estimate of drug-likeness (QED) is 0.0574. The van der Waals surface area contributed by atoms with Gasteiger partial charge in [0.05, 0.1) is 0 Å². The van der Waals surface area contributed by atoms with Crippen molar-refractivity contribution in [3.63, 3.8) is 0 Å². The SMILES string of the molecule is CCCCCCCC(=O)NC(C(=O)NC(Cc1ccccc1)C(=O)NC(CCC(=O)O)C(=O)NC(C(=O)NC(C)C(=O)NC(C(=O)O)C(C)CC)C(C)CC)C(C)C. The molecule has 326 valence electrons. The van der Waals surface area contributed by atoms with Gasteiger partial charge in [-0.15, -0.1) is 0 Å². The van der Waals surface area contributed by atoms with Crippen LogP contribution in [-0.2, 0) is 44.8 Å². The van der Waals surface area contributed by atoms with Crippen molar-refractivity contribution < 1.29 is 48.6 Å². The van der Waals surface area contributed by atoms with Crippen LogP contribution in [0.15, 0.2) is 30.3 Å². The molecule has 1 rings (SSSR count). The van der Waals surface area contributed by atoms with Crippen molar-refractivity contribution in [3.05, 3.63) is 35.9 Å². The van der Waals surface area contributed by atoms with E-state index in [1.54, 1.807) is 71.9 Å². The van der Waals surface area contributed by atoms with E-state index in [0.29, 0.717) is 24.8 Å². The molecular formula is C42H68N6O10. The molecule has 0 saturated heterocycles. The van der Waals surface area contributed by atoms with Crippen LogP contribution < -0.4 is 31.9 Å². The van der Waals surface area contributed by atoms with Gasteiger partial charge in [0.15, 0.2) is 0 Å². The van der Waals surface area contributed by atoms with E-state index in [0.717, 1.165) is 25.7 Å². The lowest BCUT2D eigenvalue weighted by molar-refractivity contribution is -0.144. The van der Waals surface area contributed by atoms with Gasteiger partial charge < -0.3 is 42.1 Å². The lowest BCUT2D eigenvalue weighted by atomic mass is 9.96. The number of aliphatic carboxylic acids is 2. The standard InChI is InChI=1S/C42H68N6O10/c1-9-12-13-14-18-21-32(49)46-34(25(4)5)40(55)45-31(24-29-19-16-15-17-20-29)39(54)44-30(22-23-33(50)51)38(53)47-35(26(6)10-2)41(56)43-28(8)37(52)48-36(42(57)58)27(7)11-3/h15-17,19-20,25-28,30-31,34-36H,9-14,18,21-24H2,1-8H3,(H,43,56)(H,44,54)(H,45,55)(H,46,49)(H,47,53)(H,48,52)(H,50,51)(H,57,58). The lowest BCUT2D eigenvalue weighted by Gasteiger charge is -2.29. The number of carbonyl (C=O) groups excluding carboxylic acids is 6. The summed E-state index contributed by atoms with van der Waals surface area (Å²) >= 11 is 0. The minimum absolute atomic E-state index is 0.000501. The molecule has 0 aliphatic heterocycles. The maximum atomic E-state index is 14.0. The summed E-state index contributed by atoms with van der Waals surface area (Å²) in [6.45, 7) is 13.9. The Labute approximate surface area is 343 Å². The average Bonchev–Trinajstić information content (AvgIpc) is 3.18. The lowest BCUT2D eigenvalue weighted by Crippen LogP contribution is -2.61. The predicted molar refractivity (Wildman–Crippen MR) is 219 cm³/mol. The predicted octanol–water partition coefficient (Wildman–Crippen LogP) is 3.22. The fourth-order valence-corrected chi connectivity index (χ4v) is 6.09. The van der Waals surface area contributed by atoms with E-state index < -0.39 is 90.1 Å². The molecule has 1 aromatic rings. The molecule has 8 N–H and O–H groups in total. The summed E-state index contributed by atoms with van der Waals surface area (Å²) in [4.78, 5) is 104. The molecule has 8 unspecified atom stereocenters. The van der Waals surface area contributed by atoms with Crippen LogP contribution in [-0.4, -0.2) is 93.8 Å². The number of benzene rings is 1. The highest BCUT2D eigenvalue weighted by molar-refractivity contribution is 5.97. The average molecular weight is 817 g/mol. The zero-order valence-corrected chi connectivity index (χ0v) is 35.5. The molecule has 1 aromatic carbocycles. The van der Waals surface area contributed by atoms with Crippen LogP contribution in [0.3, 0.4) is 0 Å². The molecule has 8 atom stereocenters. The smallest absolute Gasteiger partial charge is 0.326 e. The van der Waals surface area contributed by atoms with Crippen molar-refractivity contribution in [1.29, 1.82) is 0 Å². The molecule has 0 bridgehead atoms. The minimum Gasteiger partial charge on any atom is -0.481 e. The monoisotopic (exact) mass is 816 g/mol. The molecule has 16 nitrogen and oxygen atoms in total. The Kier molecular flexibility index (Phi) is 23.6. The summed E-state index contributed by atoms with van der Waals surface area (Å²) in [6, 6.07) is 1.53. The van der Waals surface area contributed by atoms with Crippen molar-refractivity contribution in [1.82, 2.24) is 31.9 Å². The first-order valence-electron chi connectivity index (χ1n) is 20.7. The second-order valence-corrected chi connectivity index (χ2v) is 15.5. The van der Waals surface area contributed by atoms with Gasteiger partial charge >= 0.3 is 11.9 Å². The Morgan fingerprint density at radius 1 is 0.552 bits per heavy atom. The number of unbranched alkanes of at least 4 members (excludes halogenated alkanes) is 4. The first kappa shape index (κ1) is 51.0. The Bertz CT molecular complexity index is 1510. The topological polar surface area (TPSA) is 249 Å². The van der Waals surface area contributed by atoms with Gasteiger partial charge in [-0.3, -0.25) is 33.6 Å². The fraction of sp³-hybridized carbons (Fsp3) is 0.667. The minimum atomic E-state index is -1.46. The third-order valence-corrected chi connectivity index (χ3v) is 10.3. The zero-order valence-electron chi connectivity index (χ0n) is 35.5. The van der Waals surface area contributed by atoms with Gasteiger partial charge in [-0.25, -0.2) is 4.79 Å². The zero-order chi connectivity index (χ0) is 43.9. The third-order valence-electron chi connectivity index (χ3n) is 10.3. The van der Waals surface area contributed by atoms with E-state index in [4.69, 9.17) is 0 Å². The van der Waals surface area contributed by atoms with E-state index in [1.807, 2.05) is 0 Å². The fourth-order valence-electron chi connectivity index (χ4n) is 6.09. The van der Waals surface area contributed by atoms with Crippen molar-refractivity contribution in [2.45, 2.75) is 162 Å². The Hall–Kier alpha value is -5.02.